The molecule has 0 amide bonds. The molecule has 3 heteroatoms. The second kappa shape index (κ2) is 5.70. The molecule has 0 saturated heterocycles. The zero-order chi connectivity index (χ0) is 13.0. The van der Waals surface area contributed by atoms with Crippen molar-refractivity contribution in [3.8, 4) is 6.07 Å². The van der Waals surface area contributed by atoms with Crippen LogP contribution in [0, 0.1) is 24.1 Å². The molecule has 2 rings (SSSR count). The van der Waals surface area contributed by atoms with Crippen LogP contribution in [0.1, 0.15) is 16.7 Å². The van der Waals surface area contributed by atoms with Gasteiger partial charge in [0.2, 0.25) is 0 Å². The molecule has 0 spiro atoms. The second-order valence-corrected chi connectivity index (χ2v) is 5.07. The lowest BCUT2D eigenvalue weighted by Crippen LogP contribution is -1.89. The summed E-state index contributed by atoms with van der Waals surface area (Å²) in [5.41, 5.74) is 2.47. The van der Waals surface area contributed by atoms with E-state index in [0.29, 0.717) is 11.3 Å². The number of hydrogen-bond donors (Lipinski definition) is 0. The zero-order valence-electron chi connectivity index (χ0n) is 9.98. The van der Waals surface area contributed by atoms with Gasteiger partial charge in [-0.2, -0.15) is 5.26 Å². The molecule has 0 aromatic heterocycles. The number of benzene rings is 2. The summed E-state index contributed by atoms with van der Waals surface area (Å²) in [6, 6.07) is 14.5. The molecule has 0 unspecified atom stereocenters. The minimum atomic E-state index is -0.297. The van der Waals surface area contributed by atoms with Crippen LogP contribution in [-0.4, -0.2) is 0 Å². The van der Waals surface area contributed by atoms with Crippen LogP contribution in [-0.2, 0) is 5.75 Å². The molecule has 18 heavy (non-hydrogen) atoms. The molecule has 1 nitrogen and oxygen atoms in total. The fraction of sp³-hybridized carbons (Fsp3) is 0.133. The van der Waals surface area contributed by atoms with E-state index in [9.17, 15) is 4.39 Å². The zero-order valence-corrected chi connectivity index (χ0v) is 10.8. The lowest BCUT2D eigenvalue weighted by Gasteiger charge is -2.05. The number of nitrogens with zero attached hydrogens (tertiary/aromatic N) is 1. The fourth-order valence-corrected chi connectivity index (χ4v) is 2.66. The Bertz CT molecular complexity index is 602. The largest absolute Gasteiger partial charge is 0.207 e. The molecule has 0 atom stereocenters. The monoisotopic (exact) mass is 257 g/mol. The molecule has 0 saturated carbocycles. The highest BCUT2D eigenvalue weighted by molar-refractivity contribution is 7.98. The van der Waals surface area contributed by atoms with Gasteiger partial charge in [-0.3, -0.25) is 0 Å². The number of hydrogen-bond acceptors (Lipinski definition) is 2. The normalized spacial score (nSPS) is 10.1. The molecule has 0 aliphatic heterocycles. The van der Waals surface area contributed by atoms with Gasteiger partial charge < -0.3 is 0 Å². The van der Waals surface area contributed by atoms with Crippen molar-refractivity contribution in [2.75, 3.05) is 0 Å². The van der Waals surface area contributed by atoms with E-state index in [4.69, 9.17) is 5.26 Å². The first kappa shape index (κ1) is 12.7. The average Bonchev–Trinajstić information content (AvgIpc) is 2.37. The average molecular weight is 257 g/mol. The van der Waals surface area contributed by atoms with Crippen LogP contribution in [0.2, 0.25) is 0 Å². The minimum absolute atomic E-state index is 0.297. The second-order valence-electron chi connectivity index (χ2n) is 4.02. The third-order valence-electron chi connectivity index (χ3n) is 2.57. The maximum atomic E-state index is 13.2. The van der Waals surface area contributed by atoms with Crippen LogP contribution in [0.25, 0.3) is 0 Å². The summed E-state index contributed by atoms with van der Waals surface area (Å²) in [7, 11) is 0. The minimum Gasteiger partial charge on any atom is -0.207 e. The van der Waals surface area contributed by atoms with E-state index in [1.807, 2.05) is 25.1 Å². The topological polar surface area (TPSA) is 23.8 Å². The molecule has 2 aromatic rings. The molecule has 0 fully saturated rings. The Morgan fingerprint density at radius 2 is 2.06 bits per heavy atom. The first-order valence-electron chi connectivity index (χ1n) is 5.57. The van der Waals surface area contributed by atoms with Crippen LogP contribution >= 0.6 is 11.8 Å². The first-order valence-corrected chi connectivity index (χ1v) is 6.55. The molecule has 0 bridgehead atoms. The van der Waals surface area contributed by atoms with Crippen molar-refractivity contribution in [2.45, 2.75) is 17.6 Å². The maximum absolute atomic E-state index is 13.2. The van der Waals surface area contributed by atoms with Crippen LogP contribution < -0.4 is 0 Å². The third kappa shape index (κ3) is 3.12. The summed E-state index contributed by atoms with van der Waals surface area (Å²) < 4.78 is 13.2. The van der Waals surface area contributed by atoms with Crippen molar-refractivity contribution in [3.05, 3.63) is 65.0 Å². The molecule has 0 radical (unpaired) electrons. The summed E-state index contributed by atoms with van der Waals surface area (Å²) in [6.45, 7) is 2.03. The molecule has 0 heterocycles. The predicted molar refractivity (Wildman–Crippen MR) is 71.9 cm³/mol. The van der Waals surface area contributed by atoms with E-state index in [1.54, 1.807) is 11.8 Å². The van der Waals surface area contributed by atoms with E-state index >= 15 is 0 Å². The van der Waals surface area contributed by atoms with Crippen molar-refractivity contribution < 1.29 is 4.39 Å². The molecule has 0 aliphatic rings. The molecular formula is C15H12FNS. The molecule has 90 valence electrons. The van der Waals surface area contributed by atoms with E-state index < -0.39 is 0 Å². The Hall–Kier alpha value is -1.79. The smallest absolute Gasteiger partial charge is 0.123 e. The van der Waals surface area contributed by atoms with Crippen LogP contribution in [0.15, 0.2) is 47.4 Å². The van der Waals surface area contributed by atoms with Crippen molar-refractivity contribution >= 4 is 11.8 Å². The fourth-order valence-electron chi connectivity index (χ4n) is 1.66. The summed E-state index contributed by atoms with van der Waals surface area (Å²) >= 11 is 1.61. The third-order valence-corrected chi connectivity index (χ3v) is 3.61. The van der Waals surface area contributed by atoms with E-state index in [-0.39, 0.29) is 5.82 Å². The van der Waals surface area contributed by atoms with Crippen molar-refractivity contribution in [2.24, 2.45) is 0 Å². The van der Waals surface area contributed by atoms with Crippen LogP contribution in [0.3, 0.4) is 0 Å². The SMILES string of the molecule is Cc1cccc(SCc2cc(F)ccc2C#N)c1. The van der Waals surface area contributed by atoms with E-state index in [2.05, 4.69) is 12.1 Å². The highest BCUT2D eigenvalue weighted by Crippen LogP contribution is 2.25. The van der Waals surface area contributed by atoms with Gasteiger partial charge in [-0.05, 0) is 42.8 Å². The van der Waals surface area contributed by atoms with Gasteiger partial charge >= 0.3 is 0 Å². The van der Waals surface area contributed by atoms with Crippen LogP contribution in [0.5, 0.6) is 0 Å². The highest BCUT2D eigenvalue weighted by Gasteiger charge is 2.04. The van der Waals surface area contributed by atoms with Crippen molar-refractivity contribution in [1.29, 1.82) is 5.26 Å². The lowest BCUT2D eigenvalue weighted by atomic mass is 10.1. The predicted octanol–water partition coefficient (Wildman–Crippen LogP) is 4.30. The number of aryl methyl sites for hydroxylation is 1. The van der Waals surface area contributed by atoms with Gasteiger partial charge in [0.05, 0.1) is 11.6 Å². The first-order chi connectivity index (χ1) is 8.69. The Morgan fingerprint density at radius 3 is 2.78 bits per heavy atom. The van der Waals surface area contributed by atoms with Gasteiger partial charge in [0.25, 0.3) is 0 Å². The standard InChI is InChI=1S/C15H12FNS/c1-11-3-2-4-15(7-11)18-10-13-8-14(16)6-5-12(13)9-17/h2-8H,10H2,1H3. The number of rotatable bonds is 3. The summed E-state index contributed by atoms with van der Waals surface area (Å²) in [5.74, 6) is 0.304. The number of thioether (sulfide) groups is 1. The Balaban J connectivity index is 2.15. The van der Waals surface area contributed by atoms with Crippen molar-refractivity contribution in [3.63, 3.8) is 0 Å². The molecule has 2 aromatic carbocycles. The van der Waals surface area contributed by atoms with Gasteiger partial charge in [0, 0.05) is 10.6 Å². The van der Waals surface area contributed by atoms with Crippen LogP contribution in [0.4, 0.5) is 4.39 Å². The molecular weight excluding hydrogens is 245 g/mol. The quantitative estimate of drug-likeness (QED) is 0.765. The van der Waals surface area contributed by atoms with E-state index in [1.165, 1.54) is 23.8 Å². The van der Waals surface area contributed by atoms with Gasteiger partial charge in [-0.1, -0.05) is 17.7 Å². The Morgan fingerprint density at radius 1 is 1.22 bits per heavy atom. The highest BCUT2D eigenvalue weighted by atomic mass is 32.2. The van der Waals surface area contributed by atoms with Gasteiger partial charge in [-0.15, -0.1) is 11.8 Å². The van der Waals surface area contributed by atoms with Crippen molar-refractivity contribution in [1.82, 2.24) is 0 Å². The number of halogens is 1. The van der Waals surface area contributed by atoms with E-state index in [0.717, 1.165) is 10.5 Å². The van der Waals surface area contributed by atoms with Gasteiger partial charge in [-0.25, -0.2) is 4.39 Å². The molecule has 0 N–H and O–H groups in total. The summed E-state index contributed by atoms with van der Waals surface area (Å²) in [5, 5.41) is 8.97. The Kier molecular flexibility index (Phi) is 4.01. The van der Waals surface area contributed by atoms with Gasteiger partial charge in [0.15, 0.2) is 0 Å². The number of nitriles is 1. The molecule has 0 aliphatic carbocycles. The maximum Gasteiger partial charge on any atom is 0.123 e. The summed E-state index contributed by atoms with van der Waals surface area (Å²) in [4.78, 5) is 1.13. The van der Waals surface area contributed by atoms with Gasteiger partial charge in [0.1, 0.15) is 5.82 Å². The lowest BCUT2D eigenvalue weighted by molar-refractivity contribution is 0.626. The summed E-state index contributed by atoms with van der Waals surface area (Å²) in [6.07, 6.45) is 0. The Labute approximate surface area is 110 Å².